The standard InChI is InChI=1S/C17H18N8O5S3/c1-6-19-17(23-22-6)33-4-7-3-31-14-10(13(27)25(14)11(7)15(28)29)21-12(26)9(24-30-2)8-5-32-16(18)20-8/h5,10,14H,3-4H2,1-2H3,(H2,18,20)(H,21,26)(H,28,29)(H,19,22,23)/b24-9+/t10-,14?/m1/s1. The van der Waals surface area contributed by atoms with Crippen LogP contribution in [0.3, 0.4) is 0 Å². The van der Waals surface area contributed by atoms with Gasteiger partial charge in [-0.05, 0) is 12.5 Å². The van der Waals surface area contributed by atoms with Crippen LogP contribution in [0.25, 0.3) is 0 Å². The minimum Gasteiger partial charge on any atom is -0.477 e. The highest BCUT2D eigenvalue weighted by molar-refractivity contribution is 8.01. The average Bonchev–Trinajstić information content (AvgIpc) is 3.40. The van der Waals surface area contributed by atoms with Crippen molar-refractivity contribution in [3.63, 3.8) is 0 Å². The lowest BCUT2D eigenvalue weighted by Crippen LogP contribution is -2.71. The summed E-state index contributed by atoms with van der Waals surface area (Å²) in [6.45, 7) is 1.76. The predicted molar refractivity (Wildman–Crippen MR) is 122 cm³/mol. The highest BCUT2D eigenvalue weighted by Gasteiger charge is 2.54. The Labute approximate surface area is 199 Å². The molecule has 2 aliphatic heterocycles. The number of thiazole rings is 1. The normalized spacial score (nSPS) is 20.4. The van der Waals surface area contributed by atoms with Gasteiger partial charge in [0.2, 0.25) is 5.16 Å². The van der Waals surface area contributed by atoms with Crippen LogP contribution in [0.4, 0.5) is 5.13 Å². The molecule has 0 aromatic carbocycles. The van der Waals surface area contributed by atoms with Gasteiger partial charge in [-0.25, -0.2) is 14.8 Å². The molecule has 4 heterocycles. The van der Waals surface area contributed by atoms with Gasteiger partial charge >= 0.3 is 5.97 Å². The van der Waals surface area contributed by atoms with Crippen molar-refractivity contribution < 1.29 is 24.3 Å². The Balaban J connectivity index is 1.49. The monoisotopic (exact) mass is 510 g/mol. The number of rotatable bonds is 8. The van der Waals surface area contributed by atoms with Crippen LogP contribution in [-0.2, 0) is 19.2 Å². The molecule has 174 valence electrons. The Morgan fingerprint density at radius 3 is 2.88 bits per heavy atom. The number of nitrogens with zero attached hydrogens (tertiary/aromatic N) is 5. The molecule has 2 aliphatic rings. The van der Waals surface area contributed by atoms with E-state index in [1.807, 2.05) is 0 Å². The number of carboxylic acids is 1. The lowest BCUT2D eigenvalue weighted by atomic mass is 10.0. The number of carbonyl (C=O) groups is 3. The number of carboxylic acid groups (broad SMARTS) is 1. The number of hydrogen-bond donors (Lipinski definition) is 4. The second-order valence-electron chi connectivity index (χ2n) is 6.80. The van der Waals surface area contributed by atoms with E-state index in [-0.39, 0.29) is 22.2 Å². The molecule has 0 radical (unpaired) electrons. The largest absolute Gasteiger partial charge is 0.477 e. The third-order valence-corrected chi connectivity index (χ3v) is 7.60. The van der Waals surface area contributed by atoms with Crippen LogP contribution in [0.1, 0.15) is 11.5 Å². The molecule has 33 heavy (non-hydrogen) atoms. The molecule has 13 nitrogen and oxygen atoms in total. The van der Waals surface area contributed by atoms with Gasteiger partial charge < -0.3 is 21.0 Å². The Morgan fingerprint density at radius 2 is 2.27 bits per heavy atom. The van der Waals surface area contributed by atoms with E-state index in [1.54, 1.807) is 12.3 Å². The van der Waals surface area contributed by atoms with Crippen molar-refractivity contribution in [1.82, 2.24) is 30.4 Å². The van der Waals surface area contributed by atoms with Crippen LogP contribution < -0.4 is 11.1 Å². The van der Waals surface area contributed by atoms with E-state index in [4.69, 9.17) is 10.6 Å². The highest BCUT2D eigenvalue weighted by atomic mass is 32.2. The molecule has 5 N–H and O–H groups in total. The first-order valence-corrected chi connectivity index (χ1v) is 12.3. The van der Waals surface area contributed by atoms with Crippen LogP contribution in [-0.4, -0.2) is 83.7 Å². The summed E-state index contributed by atoms with van der Waals surface area (Å²) in [7, 11) is 1.28. The van der Waals surface area contributed by atoms with Gasteiger partial charge in [-0.2, -0.15) is 0 Å². The molecule has 2 atom stereocenters. The van der Waals surface area contributed by atoms with Crippen molar-refractivity contribution in [2.24, 2.45) is 5.16 Å². The van der Waals surface area contributed by atoms with Gasteiger partial charge in [-0.15, -0.1) is 28.2 Å². The maximum Gasteiger partial charge on any atom is 0.352 e. The highest BCUT2D eigenvalue weighted by Crippen LogP contribution is 2.41. The number of anilines is 1. The summed E-state index contributed by atoms with van der Waals surface area (Å²) >= 11 is 3.77. The Bertz CT molecular complexity index is 1180. The topological polar surface area (TPSA) is 189 Å². The number of β-lactam (4-membered cyclic amide) rings is 1. The van der Waals surface area contributed by atoms with E-state index in [2.05, 4.69) is 30.6 Å². The molecular formula is C17H18N8O5S3. The molecule has 4 rings (SSSR count). The molecule has 2 amide bonds. The lowest BCUT2D eigenvalue weighted by Gasteiger charge is -2.49. The summed E-state index contributed by atoms with van der Waals surface area (Å²) in [5.41, 5.74) is 6.20. The average molecular weight is 511 g/mol. The fraction of sp³-hybridized carbons (Fsp3) is 0.353. The molecule has 1 fully saturated rings. The summed E-state index contributed by atoms with van der Waals surface area (Å²) in [5.74, 6) is -1.07. The number of nitrogens with two attached hydrogens (primary N) is 1. The fourth-order valence-corrected chi connectivity index (χ4v) is 6.11. The Kier molecular flexibility index (Phi) is 6.57. The zero-order valence-electron chi connectivity index (χ0n) is 17.3. The summed E-state index contributed by atoms with van der Waals surface area (Å²) in [5, 5.41) is 24.6. The zero-order valence-corrected chi connectivity index (χ0v) is 19.7. The lowest BCUT2D eigenvalue weighted by molar-refractivity contribution is -0.150. The summed E-state index contributed by atoms with van der Waals surface area (Å²) in [6, 6.07) is -0.917. The molecule has 2 aromatic rings. The molecular weight excluding hydrogens is 492 g/mol. The SMILES string of the molecule is CO/N=C(/C(=O)N[C@@H]1C(=O)N2C(C(=O)O)=C(CSc3n[nH]c(C)n3)CSC12)c1csc(N)n1. The van der Waals surface area contributed by atoms with Crippen LogP contribution in [0.2, 0.25) is 0 Å². The van der Waals surface area contributed by atoms with Gasteiger partial charge in [0.1, 0.15) is 35.7 Å². The number of carbonyl (C=O) groups excluding carboxylic acids is 2. The number of hydrogen-bond acceptors (Lipinski definition) is 12. The Morgan fingerprint density at radius 1 is 1.48 bits per heavy atom. The first kappa shape index (κ1) is 23.1. The quantitative estimate of drug-likeness (QED) is 0.162. The number of nitrogens with one attached hydrogen (secondary N) is 2. The maximum absolute atomic E-state index is 12.8. The molecule has 1 saturated heterocycles. The summed E-state index contributed by atoms with van der Waals surface area (Å²) in [4.78, 5) is 51.7. The third kappa shape index (κ3) is 4.53. The van der Waals surface area contributed by atoms with Crippen molar-refractivity contribution in [2.75, 3.05) is 24.3 Å². The number of aryl methyl sites for hydroxylation is 1. The second kappa shape index (κ2) is 9.40. The van der Waals surface area contributed by atoms with Crippen LogP contribution in [0.5, 0.6) is 0 Å². The van der Waals surface area contributed by atoms with E-state index >= 15 is 0 Å². The van der Waals surface area contributed by atoms with Crippen molar-refractivity contribution in [3.8, 4) is 0 Å². The minimum atomic E-state index is -1.21. The molecule has 0 aliphatic carbocycles. The number of aromatic nitrogens is 4. The minimum absolute atomic E-state index is 0.0768. The van der Waals surface area contributed by atoms with Crippen molar-refractivity contribution >= 4 is 63.5 Å². The zero-order chi connectivity index (χ0) is 23.7. The summed E-state index contributed by atoms with van der Waals surface area (Å²) in [6.07, 6.45) is 0. The van der Waals surface area contributed by atoms with E-state index in [0.717, 1.165) is 11.3 Å². The number of nitrogen functional groups attached to an aromatic ring is 1. The summed E-state index contributed by atoms with van der Waals surface area (Å²) < 4.78 is 0. The van der Waals surface area contributed by atoms with Gasteiger partial charge in [0.25, 0.3) is 11.8 Å². The van der Waals surface area contributed by atoms with Crippen LogP contribution in [0.15, 0.2) is 27.0 Å². The first-order chi connectivity index (χ1) is 15.8. The van der Waals surface area contributed by atoms with Crippen molar-refractivity contribution in [2.45, 2.75) is 23.5 Å². The molecule has 1 unspecified atom stereocenters. The number of oxime groups is 1. The molecule has 2 aromatic heterocycles. The molecule has 16 heteroatoms. The smallest absolute Gasteiger partial charge is 0.352 e. The van der Waals surface area contributed by atoms with Crippen molar-refractivity contribution in [1.29, 1.82) is 0 Å². The van der Waals surface area contributed by atoms with E-state index < -0.39 is 29.2 Å². The number of amides is 2. The number of H-pyrrole nitrogens is 1. The van der Waals surface area contributed by atoms with Gasteiger partial charge in [-0.1, -0.05) is 16.9 Å². The van der Waals surface area contributed by atoms with E-state index in [1.165, 1.54) is 35.5 Å². The van der Waals surface area contributed by atoms with Gasteiger partial charge in [0.15, 0.2) is 10.8 Å². The second-order valence-corrected chi connectivity index (χ2v) is 9.74. The van der Waals surface area contributed by atoms with Crippen LogP contribution >= 0.6 is 34.9 Å². The van der Waals surface area contributed by atoms with Crippen LogP contribution in [0, 0.1) is 6.92 Å². The van der Waals surface area contributed by atoms with E-state index in [9.17, 15) is 19.5 Å². The maximum atomic E-state index is 12.8. The van der Waals surface area contributed by atoms with Gasteiger partial charge in [0, 0.05) is 16.9 Å². The van der Waals surface area contributed by atoms with Gasteiger partial charge in [-0.3, -0.25) is 19.6 Å². The molecule has 0 saturated carbocycles. The number of fused-ring (bicyclic) bond motifs is 1. The number of aliphatic carboxylic acids is 1. The third-order valence-electron chi connectivity index (χ3n) is 4.65. The molecule has 0 bridgehead atoms. The number of thioether (sulfide) groups is 2. The Hall–Kier alpha value is -3.11. The predicted octanol–water partition coefficient (Wildman–Crippen LogP) is 0.0332. The molecule has 0 spiro atoms. The van der Waals surface area contributed by atoms with Crippen molar-refractivity contribution in [3.05, 3.63) is 28.2 Å². The first-order valence-electron chi connectivity index (χ1n) is 9.35. The fourth-order valence-electron chi connectivity index (χ4n) is 3.23. The number of aromatic amines is 1. The van der Waals surface area contributed by atoms with E-state index in [0.29, 0.717) is 28.1 Å². The van der Waals surface area contributed by atoms with Gasteiger partial charge in [0.05, 0.1) is 0 Å².